The topological polar surface area (TPSA) is 18.5 Å². The van der Waals surface area contributed by atoms with Gasteiger partial charge >= 0.3 is 7.12 Å². The first-order valence-corrected chi connectivity index (χ1v) is 7.33. The zero-order valence-corrected chi connectivity index (χ0v) is 13.3. The van der Waals surface area contributed by atoms with Crippen LogP contribution >= 0.6 is 0 Å². The van der Waals surface area contributed by atoms with Gasteiger partial charge in [0.2, 0.25) is 0 Å². The SMILES string of the molecule is CCC(C)c1ccc(F)c(B2OC(C)(C)C(C)(C)O2)c1. The van der Waals surface area contributed by atoms with Gasteiger partial charge in [-0.3, -0.25) is 0 Å². The highest BCUT2D eigenvalue weighted by Gasteiger charge is 2.52. The van der Waals surface area contributed by atoms with Gasteiger partial charge in [0, 0.05) is 5.46 Å². The molecule has 2 rings (SSSR count). The van der Waals surface area contributed by atoms with Crippen molar-refractivity contribution in [3.05, 3.63) is 29.6 Å². The van der Waals surface area contributed by atoms with Gasteiger partial charge in [-0.25, -0.2) is 4.39 Å². The molecule has 0 radical (unpaired) electrons. The molecule has 0 bridgehead atoms. The molecule has 110 valence electrons. The van der Waals surface area contributed by atoms with Crippen LogP contribution in [0.25, 0.3) is 0 Å². The highest BCUT2D eigenvalue weighted by molar-refractivity contribution is 6.62. The van der Waals surface area contributed by atoms with E-state index in [4.69, 9.17) is 9.31 Å². The number of hydrogen-bond acceptors (Lipinski definition) is 2. The van der Waals surface area contributed by atoms with Crippen molar-refractivity contribution < 1.29 is 13.7 Å². The normalized spacial score (nSPS) is 22.1. The Labute approximate surface area is 121 Å². The van der Waals surface area contributed by atoms with Gasteiger partial charge in [0.25, 0.3) is 0 Å². The molecule has 1 heterocycles. The Hall–Kier alpha value is -0.865. The molecule has 1 aromatic carbocycles. The van der Waals surface area contributed by atoms with E-state index in [9.17, 15) is 4.39 Å². The monoisotopic (exact) mass is 278 g/mol. The number of rotatable bonds is 3. The Balaban J connectivity index is 2.34. The summed E-state index contributed by atoms with van der Waals surface area (Å²) in [6, 6.07) is 5.24. The van der Waals surface area contributed by atoms with Gasteiger partial charge in [0.05, 0.1) is 11.2 Å². The summed E-state index contributed by atoms with van der Waals surface area (Å²) >= 11 is 0. The standard InChI is InChI=1S/C16H24BFO2/c1-7-11(2)12-8-9-14(18)13(10-12)17-19-15(3,4)16(5,6)20-17/h8-11H,7H2,1-6H3. The highest BCUT2D eigenvalue weighted by Crippen LogP contribution is 2.36. The minimum absolute atomic E-state index is 0.268. The van der Waals surface area contributed by atoms with Gasteiger partial charge in [-0.1, -0.05) is 26.0 Å². The Morgan fingerprint density at radius 3 is 2.20 bits per heavy atom. The number of halogens is 1. The molecule has 1 aliphatic heterocycles. The molecule has 4 heteroatoms. The van der Waals surface area contributed by atoms with E-state index >= 15 is 0 Å². The third kappa shape index (κ3) is 2.64. The van der Waals surface area contributed by atoms with Crippen LogP contribution in [0.1, 0.15) is 59.4 Å². The molecule has 1 aromatic rings. The maximum absolute atomic E-state index is 14.1. The number of benzene rings is 1. The summed E-state index contributed by atoms with van der Waals surface area (Å²) in [6.45, 7) is 12.2. The molecular formula is C16H24BFO2. The average molecular weight is 278 g/mol. The maximum Gasteiger partial charge on any atom is 0.497 e. The first kappa shape index (κ1) is 15.5. The molecule has 1 unspecified atom stereocenters. The lowest BCUT2D eigenvalue weighted by molar-refractivity contribution is 0.00578. The third-order valence-corrected chi connectivity index (χ3v) is 4.71. The second-order valence-electron chi connectivity index (χ2n) is 6.68. The zero-order valence-electron chi connectivity index (χ0n) is 13.3. The summed E-state index contributed by atoms with van der Waals surface area (Å²) in [5.41, 5.74) is 0.729. The average Bonchev–Trinajstić information content (AvgIpc) is 2.58. The first-order valence-electron chi connectivity index (χ1n) is 7.33. The Morgan fingerprint density at radius 2 is 1.70 bits per heavy atom. The smallest absolute Gasteiger partial charge is 0.399 e. The predicted octanol–water partition coefficient (Wildman–Crippen LogP) is 3.64. The van der Waals surface area contributed by atoms with Crippen LogP contribution in [0.15, 0.2) is 18.2 Å². The molecule has 1 atom stereocenters. The van der Waals surface area contributed by atoms with E-state index in [1.165, 1.54) is 6.07 Å². The molecule has 20 heavy (non-hydrogen) atoms. The molecule has 0 saturated carbocycles. The van der Waals surface area contributed by atoms with Crippen LogP contribution in [0.4, 0.5) is 4.39 Å². The van der Waals surface area contributed by atoms with Crippen LogP contribution in [0.2, 0.25) is 0 Å². The van der Waals surface area contributed by atoms with E-state index in [1.54, 1.807) is 0 Å². The van der Waals surface area contributed by atoms with Crippen LogP contribution in [0.3, 0.4) is 0 Å². The van der Waals surface area contributed by atoms with E-state index in [2.05, 4.69) is 13.8 Å². The fourth-order valence-corrected chi connectivity index (χ4v) is 2.26. The maximum atomic E-state index is 14.1. The molecule has 1 saturated heterocycles. The molecule has 1 fully saturated rings. The Morgan fingerprint density at radius 1 is 1.15 bits per heavy atom. The predicted molar refractivity (Wildman–Crippen MR) is 80.8 cm³/mol. The van der Waals surface area contributed by atoms with Crippen molar-refractivity contribution in [3.63, 3.8) is 0 Å². The van der Waals surface area contributed by atoms with Crippen LogP contribution in [0.5, 0.6) is 0 Å². The van der Waals surface area contributed by atoms with Crippen molar-refractivity contribution in [2.24, 2.45) is 0 Å². The Kier molecular flexibility index (Phi) is 4.00. The summed E-state index contributed by atoms with van der Waals surface area (Å²) in [5.74, 6) is 0.132. The molecule has 1 aliphatic rings. The lowest BCUT2D eigenvalue weighted by Crippen LogP contribution is -2.41. The van der Waals surface area contributed by atoms with E-state index in [1.807, 2.05) is 39.8 Å². The summed E-state index contributed by atoms with van der Waals surface area (Å²) in [5, 5.41) is 0. The van der Waals surface area contributed by atoms with Crippen molar-refractivity contribution in [2.75, 3.05) is 0 Å². The molecule has 0 spiro atoms. The van der Waals surface area contributed by atoms with Crippen LogP contribution < -0.4 is 5.46 Å². The van der Waals surface area contributed by atoms with E-state index < -0.39 is 18.3 Å². The fourth-order valence-electron chi connectivity index (χ4n) is 2.26. The van der Waals surface area contributed by atoms with Crippen molar-refractivity contribution in [2.45, 2.75) is 65.1 Å². The van der Waals surface area contributed by atoms with Gasteiger partial charge in [-0.2, -0.15) is 0 Å². The van der Waals surface area contributed by atoms with Gasteiger partial charge in [-0.05, 0) is 51.7 Å². The lowest BCUT2D eigenvalue weighted by atomic mass is 9.77. The van der Waals surface area contributed by atoms with Crippen molar-refractivity contribution in [3.8, 4) is 0 Å². The van der Waals surface area contributed by atoms with Crippen LogP contribution in [-0.2, 0) is 9.31 Å². The molecule has 0 aliphatic carbocycles. The second-order valence-corrected chi connectivity index (χ2v) is 6.68. The summed E-state index contributed by atoms with van der Waals surface area (Å²) in [7, 11) is -0.635. The van der Waals surface area contributed by atoms with Gasteiger partial charge in [-0.15, -0.1) is 0 Å². The molecule has 0 N–H and O–H groups in total. The van der Waals surface area contributed by atoms with E-state index in [0.717, 1.165) is 12.0 Å². The second kappa shape index (κ2) is 5.16. The summed E-state index contributed by atoms with van der Waals surface area (Å²) < 4.78 is 26.0. The summed E-state index contributed by atoms with van der Waals surface area (Å²) in [6.07, 6.45) is 1.02. The highest BCUT2D eigenvalue weighted by atomic mass is 19.1. The molecule has 0 aromatic heterocycles. The lowest BCUT2D eigenvalue weighted by Gasteiger charge is -2.32. The van der Waals surface area contributed by atoms with Gasteiger partial charge < -0.3 is 9.31 Å². The van der Waals surface area contributed by atoms with Gasteiger partial charge in [0.15, 0.2) is 0 Å². The number of hydrogen-bond donors (Lipinski definition) is 0. The largest absolute Gasteiger partial charge is 0.497 e. The van der Waals surface area contributed by atoms with Gasteiger partial charge in [0.1, 0.15) is 5.82 Å². The third-order valence-electron chi connectivity index (χ3n) is 4.71. The van der Waals surface area contributed by atoms with E-state index in [-0.39, 0.29) is 5.82 Å². The molecule has 0 amide bonds. The van der Waals surface area contributed by atoms with Crippen LogP contribution in [-0.4, -0.2) is 18.3 Å². The summed E-state index contributed by atoms with van der Waals surface area (Å²) in [4.78, 5) is 0. The fraction of sp³-hybridized carbons (Fsp3) is 0.625. The zero-order chi connectivity index (χ0) is 15.1. The quantitative estimate of drug-likeness (QED) is 0.786. The van der Waals surface area contributed by atoms with E-state index in [0.29, 0.717) is 11.4 Å². The minimum Gasteiger partial charge on any atom is -0.399 e. The Bertz CT molecular complexity index is 483. The van der Waals surface area contributed by atoms with Crippen molar-refractivity contribution in [1.82, 2.24) is 0 Å². The van der Waals surface area contributed by atoms with Crippen LogP contribution in [0, 0.1) is 5.82 Å². The molecular weight excluding hydrogens is 254 g/mol. The first-order chi connectivity index (χ1) is 9.18. The minimum atomic E-state index is -0.635. The molecule has 2 nitrogen and oxygen atoms in total. The van der Waals surface area contributed by atoms with Crippen molar-refractivity contribution >= 4 is 12.6 Å². The van der Waals surface area contributed by atoms with Crippen molar-refractivity contribution in [1.29, 1.82) is 0 Å².